The third-order valence-corrected chi connectivity index (χ3v) is 7.11. The summed E-state index contributed by atoms with van der Waals surface area (Å²) >= 11 is 12.2. The molecule has 0 saturated carbocycles. The van der Waals surface area contributed by atoms with E-state index in [4.69, 9.17) is 27.6 Å². The Morgan fingerprint density at radius 3 is 2.32 bits per heavy atom. The first-order valence-corrected chi connectivity index (χ1v) is 13.3. The lowest BCUT2D eigenvalue weighted by atomic mass is 9.72. The van der Waals surface area contributed by atoms with Crippen LogP contribution in [0.4, 0.5) is 10.5 Å². The van der Waals surface area contributed by atoms with Crippen molar-refractivity contribution in [1.29, 1.82) is 0 Å². The lowest BCUT2D eigenvalue weighted by Crippen LogP contribution is -2.42. The predicted molar refractivity (Wildman–Crippen MR) is 156 cm³/mol. The minimum atomic E-state index is -0.298. The molecule has 1 heterocycles. The van der Waals surface area contributed by atoms with Gasteiger partial charge in [-0.25, -0.2) is 4.79 Å². The number of anilines is 1. The summed E-state index contributed by atoms with van der Waals surface area (Å²) in [7, 11) is 0. The monoisotopic (exact) mass is 534 g/mol. The van der Waals surface area contributed by atoms with Gasteiger partial charge in [-0.3, -0.25) is 0 Å². The van der Waals surface area contributed by atoms with Crippen LogP contribution >= 0.6 is 23.2 Å². The Labute approximate surface area is 228 Å². The van der Waals surface area contributed by atoms with Gasteiger partial charge in [0, 0.05) is 38.6 Å². The van der Waals surface area contributed by atoms with Gasteiger partial charge in [0.15, 0.2) is 0 Å². The zero-order valence-corrected chi connectivity index (χ0v) is 22.8. The topological polar surface area (TPSA) is 54.3 Å². The standard InChI is InChI=1S/C31H32Cl2N2O2/c1-4-14-31(15-13-21(2)3,20-34-30(36)35-27-18-25(32)17-26(33)19-27)24-11-9-22(10-12-24)29-16-23-7-5-6-8-28(23)37-29/h5-12,16-19H,2,4,13-15,20H2,1,3H3,(H2,34,35,36). The van der Waals surface area contributed by atoms with Crippen LogP contribution in [0.15, 0.2) is 89.4 Å². The van der Waals surface area contributed by atoms with Crippen molar-refractivity contribution in [1.82, 2.24) is 5.32 Å². The highest BCUT2D eigenvalue weighted by Gasteiger charge is 2.32. The van der Waals surface area contributed by atoms with E-state index >= 15 is 0 Å². The number of hydrogen-bond acceptors (Lipinski definition) is 2. The van der Waals surface area contributed by atoms with Gasteiger partial charge in [-0.1, -0.05) is 84.6 Å². The summed E-state index contributed by atoms with van der Waals surface area (Å²) in [6.07, 6.45) is 3.66. The summed E-state index contributed by atoms with van der Waals surface area (Å²) in [5.41, 5.74) is 4.50. The molecule has 0 spiro atoms. The largest absolute Gasteiger partial charge is 0.456 e. The molecule has 0 saturated heterocycles. The Kier molecular flexibility index (Phi) is 8.63. The number of carbonyl (C=O) groups excluding carboxylic acids is 1. The molecule has 2 amide bonds. The highest BCUT2D eigenvalue weighted by molar-refractivity contribution is 6.35. The molecule has 37 heavy (non-hydrogen) atoms. The number of nitrogens with one attached hydrogen (secondary N) is 2. The van der Waals surface area contributed by atoms with Gasteiger partial charge >= 0.3 is 6.03 Å². The van der Waals surface area contributed by atoms with E-state index in [1.54, 1.807) is 18.2 Å². The van der Waals surface area contributed by atoms with Gasteiger partial charge in [-0.05, 0) is 62.1 Å². The molecule has 3 aromatic carbocycles. The number of allylic oxidation sites excluding steroid dienone is 1. The van der Waals surface area contributed by atoms with Crippen molar-refractivity contribution in [2.45, 2.75) is 44.9 Å². The highest BCUT2D eigenvalue weighted by Crippen LogP contribution is 2.37. The quantitative estimate of drug-likeness (QED) is 0.199. The van der Waals surface area contributed by atoms with Crippen molar-refractivity contribution in [2.24, 2.45) is 0 Å². The first-order valence-electron chi connectivity index (χ1n) is 12.5. The Bertz CT molecular complexity index is 1340. The summed E-state index contributed by atoms with van der Waals surface area (Å²) in [6, 6.07) is 23.3. The van der Waals surface area contributed by atoms with Crippen molar-refractivity contribution in [3.8, 4) is 11.3 Å². The number of benzene rings is 3. The van der Waals surface area contributed by atoms with Crippen LogP contribution in [0, 0.1) is 0 Å². The molecular formula is C31H32Cl2N2O2. The van der Waals surface area contributed by atoms with Crippen molar-refractivity contribution in [2.75, 3.05) is 11.9 Å². The smallest absolute Gasteiger partial charge is 0.319 e. The Balaban J connectivity index is 1.57. The number of para-hydroxylation sites is 1. The fraction of sp³-hybridized carbons (Fsp3) is 0.258. The molecule has 1 unspecified atom stereocenters. The molecule has 4 rings (SSSR count). The van der Waals surface area contributed by atoms with Gasteiger partial charge in [-0.15, -0.1) is 6.58 Å². The zero-order valence-electron chi connectivity index (χ0n) is 21.2. The molecule has 0 aliphatic heterocycles. The minimum absolute atomic E-state index is 0.247. The zero-order chi connectivity index (χ0) is 26.4. The molecule has 6 heteroatoms. The number of hydrogen-bond donors (Lipinski definition) is 2. The summed E-state index contributed by atoms with van der Waals surface area (Å²) in [5, 5.41) is 7.96. The third-order valence-electron chi connectivity index (χ3n) is 6.67. The van der Waals surface area contributed by atoms with E-state index in [-0.39, 0.29) is 11.4 Å². The van der Waals surface area contributed by atoms with E-state index in [1.807, 2.05) is 25.1 Å². The van der Waals surface area contributed by atoms with Crippen molar-refractivity contribution < 1.29 is 9.21 Å². The maximum absolute atomic E-state index is 12.8. The van der Waals surface area contributed by atoms with Gasteiger partial charge in [-0.2, -0.15) is 0 Å². The summed E-state index contributed by atoms with van der Waals surface area (Å²) in [4.78, 5) is 12.8. The number of rotatable bonds is 10. The van der Waals surface area contributed by atoms with Gasteiger partial charge in [0.05, 0.1) is 0 Å². The second-order valence-electron chi connectivity index (χ2n) is 9.68. The minimum Gasteiger partial charge on any atom is -0.456 e. The number of halogens is 2. The lowest BCUT2D eigenvalue weighted by molar-refractivity contribution is 0.246. The summed E-state index contributed by atoms with van der Waals surface area (Å²) in [5.74, 6) is 0.841. The average Bonchev–Trinajstić information content (AvgIpc) is 3.30. The van der Waals surface area contributed by atoms with Gasteiger partial charge < -0.3 is 15.1 Å². The highest BCUT2D eigenvalue weighted by atomic mass is 35.5. The molecule has 0 radical (unpaired) electrons. The third kappa shape index (κ3) is 6.76. The fourth-order valence-electron chi connectivity index (χ4n) is 4.79. The molecular weight excluding hydrogens is 503 g/mol. The second kappa shape index (κ2) is 11.9. The first kappa shape index (κ1) is 26.8. The van der Waals surface area contributed by atoms with E-state index in [2.05, 4.69) is 60.5 Å². The van der Waals surface area contributed by atoms with E-state index in [0.717, 1.165) is 53.5 Å². The van der Waals surface area contributed by atoms with E-state index in [1.165, 1.54) is 5.56 Å². The van der Waals surface area contributed by atoms with E-state index < -0.39 is 0 Å². The van der Waals surface area contributed by atoms with Crippen LogP contribution in [0.1, 0.15) is 45.1 Å². The molecule has 1 aromatic heterocycles. The van der Waals surface area contributed by atoms with Gasteiger partial charge in [0.25, 0.3) is 0 Å². The Hall–Kier alpha value is -3.21. The molecule has 1 atom stereocenters. The van der Waals surface area contributed by atoms with Crippen LogP contribution in [0.25, 0.3) is 22.3 Å². The predicted octanol–water partition coefficient (Wildman–Crippen LogP) is 9.62. The molecule has 0 aliphatic rings. The molecule has 0 aliphatic carbocycles. The molecule has 0 bridgehead atoms. The van der Waals surface area contributed by atoms with Gasteiger partial charge in [0.1, 0.15) is 11.3 Å². The van der Waals surface area contributed by atoms with Crippen LogP contribution in [-0.2, 0) is 5.41 Å². The van der Waals surface area contributed by atoms with E-state index in [0.29, 0.717) is 22.3 Å². The average molecular weight is 536 g/mol. The molecule has 0 fully saturated rings. The molecule has 4 nitrogen and oxygen atoms in total. The van der Waals surface area contributed by atoms with Crippen molar-refractivity contribution in [3.05, 3.63) is 101 Å². The molecule has 2 N–H and O–H groups in total. The fourth-order valence-corrected chi connectivity index (χ4v) is 5.31. The van der Waals surface area contributed by atoms with Crippen molar-refractivity contribution in [3.63, 3.8) is 0 Å². The van der Waals surface area contributed by atoms with Gasteiger partial charge in [0.2, 0.25) is 0 Å². The molecule has 192 valence electrons. The SMILES string of the molecule is C=C(C)CCC(CCC)(CNC(=O)Nc1cc(Cl)cc(Cl)c1)c1ccc(-c2cc3ccccc3o2)cc1. The molecule has 4 aromatic rings. The maximum atomic E-state index is 12.8. The Morgan fingerprint density at radius 2 is 1.68 bits per heavy atom. The second-order valence-corrected chi connectivity index (χ2v) is 10.6. The number of fused-ring (bicyclic) bond motifs is 1. The summed E-state index contributed by atoms with van der Waals surface area (Å²) < 4.78 is 6.06. The van der Waals surface area contributed by atoms with Crippen molar-refractivity contribution >= 4 is 45.9 Å². The summed E-state index contributed by atoms with van der Waals surface area (Å²) in [6.45, 7) is 8.82. The van der Waals surface area contributed by atoms with E-state index in [9.17, 15) is 4.79 Å². The lowest BCUT2D eigenvalue weighted by Gasteiger charge is -2.35. The van der Waals surface area contributed by atoms with Crippen LogP contribution in [-0.4, -0.2) is 12.6 Å². The number of amides is 2. The van der Waals surface area contributed by atoms with Crippen LogP contribution in [0.5, 0.6) is 0 Å². The van der Waals surface area contributed by atoms with Crippen LogP contribution in [0.2, 0.25) is 10.0 Å². The first-order chi connectivity index (χ1) is 17.8. The Morgan fingerprint density at radius 1 is 0.973 bits per heavy atom. The van der Waals surface area contributed by atoms with Crippen LogP contribution in [0.3, 0.4) is 0 Å². The normalized spacial score (nSPS) is 12.8. The number of urea groups is 1. The van der Waals surface area contributed by atoms with Crippen LogP contribution < -0.4 is 10.6 Å². The number of carbonyl (C=O) groups is 1. The maximum Gasteiger partial charge on any atom is 0.319 e. The number of furan rings is 1.